The third-order valence-electron chi connectivity index (χ3n) is 10.4. The summed E-state index contributed by atoms with van der Waals surface area (Å²) in [4.78, 5) is 0. The number of aliphatic hydroxyl groups excluding tert-OH is 2. The Morgan fingerprint density at radius 2 is 1.58 bits per heavy atom. The van der Waals surface area contributed by atoms with Crippen LogP contribution in [0.2, 0.25) is 0 Å². The zero-order valence-electron chi connectivity index (χ0n) is 25.7. The van der Waals surface area contributed by atoms with E-state index >= 15 is 0 Å². The largest absolute Gasteiger partial charge is 0.429 e. The summed E-state index contributed by atoms with van der Waals surface area (Å²) in [6.07, 6.45) is -2.44. The van der Waals surface area contributed by atoms with Crippen molar-refractivity contribution in [1.82, 2.24) is 0 Å². The Balaban J connectivity index is 1.93. The molecule has 10 heteroatoms. The zero-order chi connectivity index (χ0) is 32.6. The molecule has 3 aliphatic rings. The van der Waals surface area contributed by atoms with Crippen LogP contribution in [-0.2, 0) is 0 Å². The monoisotopic (exact) mass is 622 g/mol. The van der Waals surface area contributed by atoms with E-state index in [1.807, 2.05) is 19.1 Å². The van der Waals surface area contributed by atoms with Crippen molar-refractivity contribution in [2.24, 2.45) is 22.7 Å². The van der Waals surface area contributed by atoms with Crippen LogP contribution in [0.25, 0.3) is 0 Å². The van der Waals surface area contributed by atoms with Gasteiger partial charge in [-0.05, 0) is 112 Å². The van der Waals surface area contributed by atoms with Crippen molar-refractivity contribution in [2.75, 3.05) is 0 Å². The molecule has 0 aromatic carbocycles. The normalized spacial score (nSPS) is 32.9. The quantitative estimate of drug-likeness (QED) is 0.156. The first-order valence-corrected chi connectivity index (χ1v) is 15.2. The maximum absolute atomic E-state index is 13.4. The Labute approximate surface area is 251 Å². The van der Waals surface area contributed by atoms with Crippen molar-refractivity contribution in [2.45, 2.75) is 134 Å². The van der Waals surface area contributed by atoms with Gasteiger partial charge >= 0.3 is 12.4 Å². The SMILES string of the molecule is C=C1/C(=C\C=C2/CCC[C@@]3(C)C2CC[C@@H]3C(C)(C/C=C\C(O)(C(F)(F)F)C(F)(F)F)CCCC(C)(C)O)CC(O)C[C@@H]1O. The van der Waals surface area contributed by atoms with E-state index in [1.165, 1.54) is 5.57 Å². The predicted molar refractivity (Wildman–Crippen MR) is 154 cm³/mol. The maximum atomic E-state index is 13.4. The van der Waals surface area contributed by atoms with E-state index in [-0.39, 0.29) is 36.2 Å². The minimum Gasteiger partial charge on any atom is -0.393 e. The van der Waals surface area contributed by atoms with Gasteiger partial charge in [0.1, 0.15) is 0 Å². The van der Waals surface area contributed by atoms with E-state index in [0.717, 1.165) is 43.8 Å². The molecule has 0 radical (unpaired) electrons. The molecule has 0 aliphatic heterocycles. The van der Waals surface area contributed by atoms with Crippen LogP contribution in [0.5, 0.6) is 0 Å². The second-order valence-corrected chi connectivity index (χ2v) is 14.3. The average Bonchev–Trinajstić information content (AvgIpc) is 3.21. The molecule has 3 saturated carbocycles. The van der Waals surface area contributed by atoms with Crippen LogP contribution in [-0.4, -0.2) is 56.2 Å². The van der Waals surface area contributed by atoms with Crippen molar-refractivity contribution in [3.8, 4) is 0 Å². The summed E-state index contributed by atoms with van der Waals surface area (Å²) in [6.45, 7) is 11.4. The molecule has 4 nitrogen and oxygen atoms in total. The molecule has 3 aliphatic carbocycles. The van der Waals surface area contributed by atoms with Gasteiger partial charge in [-0.25, -0.2) is 0 Å². The lowest BCUT2D eigenvalue weighted by Crippen LogP contribution is -2.55. The van der Waals surface area contributed by atoms with Crippen molar-refractivity contribution in [3.63, 3.8) is 0 Å². The number of alkyl halides is 6. The lowest BCUT2D eigenvalue weighted by atomic mass is 9.55. The van der Waals surface area contributed by atoms with Crippen molar-refractivity contribution < 1.29 is 46.8 Å². The third-order valence-corrected chi connectivity index (χ3v) is 10.4. The van der Waals surface area contributed by atoms with Crippen LogP contribution in [0.1, 0.15) is 98.3 Å². The minimum absolute atomic E-state index is 0.0223. The fourth-order valence-electron chi connectivity index (χ4n) is 8.04. The summed E-state index contributed by atoms with van der Waals surface area (Å²) in [5, 5.41) is 40.3. The molecule has 6 atom stereocenters. The number of hydrogen-bond acceptors (Lipinski definition) is 4. The topological polar surface area (TPSA) is 80.9 Å². The number of hydrogen-bond donors (Lipinski definition) is 4. The van der Waals surface area contributed by atoms with Crippen molar-refractivity contribution >= 4 is 0 Å². The van der Waals surface area contributed by atoms with Gasteiger partial charge in [-0.15, -0.1) is 0 Å². The van der Waals surface area contributed by atoms with E-state index in [1.54, 1.807) is 13.8 Å². The fraction of sp³-hybridized carbons (Fsp3) is 0.758. The highest BCUT2D eigenvalue weighted by atomic mass is 19.4. The fourth-order valence-corrected chi connectivity index (χ4v) is 8.04. The van der Waals surface area contributed by atoms with Gasteiger partial charge in [0.15, 0.2) is 0 Å². The van der Waals surface area contributed by atoms with Crippen LogP contribution in [0.15, 0.2) is 47.6 Å². The van der Waals surface area contributed by atoms with Crippen LogP contribution < -0.4 is 0 Å². The Morgan fingerprint density at radius 3 is 2.16 bits per heavy atom. The molecular weight excluding hydrogens is 574 g/mol. The molecule has 0 heterocycles. The first-order valence-electron chi connectivity index (χ1n) is 15.2. The van der Waals surface area contributed by atoms with Gasteiger partial charge in [0.05, 0.1) is 17.8 Å². The number of rotatable bonds is 9. The highest BCUT2D eigenvalue weighted by Crippen LogP contribution is 2.64. The summed E-state index contributed by atoms with van der Waals surface area (Å²) in [6, 6.07) is 0. The average molecular weight is 623 g/mol. The van der Waals surface area contributed by atoms with E-state index in [4.69, 9.17) is 0 Å². The van der Waals surface area contributed by atoms with Crippen LogP contribution >= 0.6 is 0 Å². The molecular formula is C33H48F6O4. The Bertz CT molecular complexity index is 1080. The van der Waals surface area contributed by atoms with Gasteiger partial charge in [-0.1, -0.05) is 50.6 Å². The number of allylic oxidation sites excluding steroid dienone is 4. The summed E-state index contributed by atoms with van der Waals surface area (Å²) >= 11 is 0. The van der Waals surface area contributed by atoms with Gasteiger partial charge in [0.25, 0.3) is 5.60 Å². The molecule has 0 spiro atoms. The first-order chi connectivity index (χ1) is 19.5. The maximum Gasteiger partial charge on any atom is 0.429 e. The first kappa shape index (κ1) is 35.9. The highest BCUT2D eigenvalue weighted by Gasteiger charge is 2.69. The number of fused-ring (bicyclic) bond motifs is 1. The standard InChI is InChI=1S/C33H48F6O4/c1-21-23(19-24(40)20-26(21)41)11-10-22-9-6-17-30(5)25(22)12-13-27(30)29(4,15-7-14-28(2,3)42)16-8-18-31(43,32(34,35)36)33(37,38)39/h8,10-11,18,24-27,40-43H,1,6-7,9,12-17,19-20H2,2-5H3/b18-8-,22-10+,23-11-/t24?,25?,26-,27+,29?,30-/m0/s1. The molecule has 3 unspecified atom stereocenters. The summed E-state index contributed by atoms with van der Waals surface area (Å²) in [5.41, 5.74) is -4.25. The summed E-state index contributed by atoms with van der Waals surface area (Å²) in [7, 11) is 0. The Hall–Kier alpha value is -1.62. The molecule has 4 N–H and O–H groups in total. The molecule has 0 bridgehead atoms. The lowest BCUT2D eigenvalue weighted by Gasteiger charge is -2.49. The molecule has 43 heavy (non-hydrogen) atoms. The van der Waals surface area contributed by atoms with Crippen LogP contribution in [0.4, 0.5) is 26.3 Å². The predicted octanol–water partition coefficient (Wildman–Crippen LogP) is 7.88. The van der Waals surface area contributed by atoms with E-state index in [2.05, 4.69) is 13.5 Å². The van der Waals surface area contributed by atoms with Gasteiger partial charge in [0.2, 0.25) is 0 Å². The minimum atomic E-state index is -5.92. The molecule has 0 aromatic rings. The van der Waals surface area contributed by atoms with Gasteiger partial charge in [-0.3, -0.25) is 0 Å². The molecule has 3 rings (SSSR count). The number of halogens is 6. The third kappa shape index (κ3) is 7.79. The van der Waals surface area contributed by atoms with Crippen molar-refractivity contribution in [3.05, 3.63) is 47.6 Å². The summed E-state index contributed by atoms with van der Waals surface area (Å²) < 4.78 is 80.2. The molecule has 246 valence electrons. The van der Waals surface area contributed by atoms with Crippen molar-refractivity contribution in [1.29, 1.82) is 0 Å². The molecule has 0 saturated heterocycles. The second-order valence-electron chi connectivity index (χ2n) is 14.3. The second kappa shape index (κ2) is 12.6. The zero-order valence-corrected chi connectivity index (χ0v) is 25.7. The van der Waals surface area contributed by atoms with Gasteiger partial charge < -0.3 is 20.4 Å². The Morgan fingerprint density at radius 1 is 0.953 bits per heavy atom. The van der Waals surface area contributed by atoms with Gasteiger partial charge in [-0.2, -0.15) is 26.3 Å². The lowest BCUT2D eigenvalue weighted by molar-refractivity contribution is -0.347. The van der Waals surface area contributed by atoms with Crippen LogP contribution in [0.3, 0.4) is 0 Å². The molecule has 3 fully saturated rings. The molecule has 0 amide bonds. The van der Waals surface area contributed by atoms with Crippen LogP contribution in [0, 0.1) is 22.7 Å². The highest BCUT2D eigenvalue weighted by molar-refractivity contribution is 5.38. The van der Waals surface area contributed by atoms with E-state index in [0.29, 0.717) is 31.3 Å². The smallest absolute Gasteiger partial charge is 0.393 e. The summed E-state index contributed by atoms with van der Waals surface area (Å²) in [5.74, 6) is 0.139. The van der Waals surface area contributed by atoms with E-state index < -0.39 is 41.2 Å². The van der Waals surface area contributed by atoms with Gasteiger partial charge in [0, 0.05) is 6.42 Å². The number of aliphatic hydroxyl groups is 4. The molecule has 0 aromatic heterocycles. The Kier molecular flexibility index (Phi) is 10.5. The van der Waals surface area contributed by atoms with E-state index in [9.17, 15) is 46.8 Å².